The first kappa shape index (κ1) is 22.7. The van der Waals surface area contributed by atoms with Crippen LogP contribution in [0.25, 0.3) is 0 Å². The normalized spacial score (nSPS) is 20.3. The number of ether oxygens (including phenoxy) is 1. The molecule has 1 aliphatic rings. The Morgan fingerprint density at radius 2 is 1.34 bits per heavy atom. The van der Waals surface area contributed by atoms with Crippen LogP contribution in [0, 0.1) is 5.92 Å². The summed E-state index contributed by atoms with van der Waals surface area (Å²) < 4.78 is 6.35. The molecule has 0 spiro atoms. The van der Waals surface area contributed by atoms with Gasteiger partial charge in [-0.1, -0.05) is 91.0 Å². The van der Waals surface area contributed by atoms with Crippen LogP contribution in [0.4, 0.5) is 0 Å². The number of aliphatic hydroxyl groups is 2. The Morgan fingerprint density at radius 1 is 0.812 bits per heavy atom. The molecule has 0 saturated carbocycles. The number of piperidine rings is 1. The number of aliphatic hydroxyl groups excluding tert-OH is 2. The van der Waals surface area contributed by atoms with E-state index in [1.165, 1.54) is 0 Å². The molecule has 1 heterocycles. The van der Waals surface area contributed by atoms with Gasteiger partial charge in [-0.15, -0.1) is 0 Å². The lowest BCUT2D eigenvalue weighted by Gasteiger charge is -2.37. The minimum absolute atomic E-state index is 0.101. The maximum Gasteiger partial charge on any atom is 0.108 e. The number of likely N-dealkylation sites (tertiary alicyclic amines) is 1. The number of nitrogens with zero attached hydrogens (tertiary/aromatic N) is 1. The fourth-order valence-corrected chi connectivity index (χ4v) is 4.55. The van der Waals surface area contributed by atoms with Crippen molar-refractivity contribution >= 4 is 0 Å². The molecule has 0 bridgehead atoms. The van der Waals surface area contributed by atoms with Crippen LogP contribution in [0.15, 0.2) is 91.0 Å². The van der Waals surface area contributed by atoms with Crippen LogP contribution in [0.2, 0.25) is 0 Å². The van der Waals surface area contributed by atoms with Gasteiger partial charge < -0.3 is 14.9 Å². The molecule has 1 fully saturated rings. The van der Waals surface area contributed by atoms with Gasteiger partial charge in [0.15, 0.2) is 0 Å². The number of hydrogen-bond acceptors (Lipinski definition) is 4. The monoisotopic (exact) mass is 431 g/mol. The van der Waals surface area contributed by atoms with E-state index in [9.17, 15) is 10.2 Å². The number of β-amino-alcohol motifs (C(OH)–C–C–N with tert-alkyl or cyclic N) is 2. The fourth-order valence-electron chi connectivity index (χ4n) is 4.55. The molecule has 3 aromatic carbocycles. The van der Waals surface area contributed by atoms with E-state index in [0.29, 0.717) is 19.7 Å². The summed E-state index contributed by atoms with van der Waals surface area (Å²) in [6.07, 6.45) is 0.707. The first-order valence-electron chi connectivity index (χ1n) is 11.6. The van der Waals surface area contributed by atoms with Gasteiger partial charge >= 0.3 is 0 Å². The van der Waals surface area contributed by atoms with Crippen LogP contribution in [0.5, 0.6) is 0 Å². The Hall–Kier alpha value is -2.50. The predicted molar refractivity (Wildman–Crippen MR) is 127 cm³/mol. The maximum absolute atomic E-state index is 10.7. The molecule has 3 aromatic rings. The van der Waals surface area contributed by atoms with Crippen LogP contribution in [0.3, 0.4) is 0 Å². The zero-order valence-electron chi connectivity index (χ0n) is 18.5. The summed E-state index contributed by atoms with van der Waals surface area (Å²) in [5.74, 6) is 0.215. The molecule has 2 N–H and O–H groups in total. The van der Waals surface area contributed by atoms with Crippen molar-refractivity contribution in [3.63, 3.8) is 0 Å². The molecule has 4 nitrogen and oxygen atoms in total. The number of hydrogen-bond donors (Lipinski definition) is 2. The average molecular weight is 432 g/mol. The van der Waals surface area contributed by atoms with Crippen molar-refractivity contribution in [2.24, 2.45) is 5.92 Å². The van der Waals surface area contributed by atoms with Crippen molar-refractivity contribution in [1.82, 2.24) is 4.90 Å². The molecule has 0 unspecified atom stereocenters. The van der Waals surface area contributed by atoms with E-state index in [1.54, 1.807) is 0 Å². The van der Waals surface area contributed by atoms with E-state index in [0.717, 1.165) is 36.1 Å². The molecule has 4 heteroatoms. The summed E-state index contributed by atoms with van der Waals surface area (Å²) in [6.45, 7) is 2.62. The van der Waals surface area contributed by atoms with Crippen molar-refractivity contribution in [2.45, 2.75) is 31.2 Å². The van der Waals surface area contributed by atoms with Crippen molar-refractivity contribution in [1.29, 1.82) is 0 Å². The molecule has 4 rings (SSSR count). The largest absolute Gasteiger partial charge is 0.392 e. The second-order valence-corrected chi connectivity index (χ2v) is 8.66. The highest BCUT2D eigenvalue weighted by atomic mass is 16.5. The minimum atomic E-state index is -0.527. The SMILES string of the molecule is O[C@H](CN1CC[C@H](CCOC(c2ccccc2)c2ccccc2)[C@@H](O)C1)c1ccccc1. The molecule has 0 radical (unpaired) electrons. The smallest absolute Gasteiger partial charge is 0.108 e. The molecule has 0 aliphatic carbocycles. The summed E-state index contributed by atoms with van der Waals surface area (Å²) in [5.41, 5.74) is 3.21. The third kappa shape index (κ3) is 6.05. The molecule has 3 atom stereocenters. The van der Waals surface area contributed by atoms with Gasteiger partial charge in [0.1, 0.15) is 6.10 Å². The van der Waals surface area contributed by atoms with Crippen molar-refractivity contribution in [3.05, 3.63) is 108 Å². The quantitative estimate of drug-likeness (QED) is 0.520. The topological polar surface area (TPSA) is 52.9 Å². The zero-order chi connectivity index (χ0) is 22.2. The Balaban J connectivity index is 1.28. The Morgan fingerprint density at radius 3 is 1.88 bits per heavy atom. The lowest BCUT2D eigenvalue weighted by molar-refractivity contribution is -0.0154. The Labute approximate surface area is 191 Å². The van der Waals surface area contributed by atoms with Gasteiger partial charge in [-0.2, -0.15) is 0 Å². The van der Waals surface area contributed by atoms with E-state index in [2.05, 4.69) is 29.2 Å². The van der Waals surface area contributed by atoms with Gasteiger partial charge in [0.05, 0.1) is 12.2 Å². The Kier molecular flexibility index (Phi) is 8.07. The van der Waals surface area contributed by atoms with Crippen LogP contribution in [0.1, 0.15) is 41.7 Å². The van der Waals surface area contributed by atoms with Crippen molar-refractivity contribution in [2.75, 3.05) is 26.2 Å². The third-order valence-electron chi connectivity index (χ3n) is 6.40. The second kappa shape index (κ2) is 11.4. The highest BCUT2D eigenvalue weighted by Crippen LogP contribution is 2.28. The molecule has 1 saturated heterocycles. The predicted octanol–water partition coefficient (Wildman–Crippen LogP) is 4.60. The second-order valence-electron chi connectivity index (χ2n) is 8.66. The lowest BCUT2D eigenvalue weighted by Crippen LogP contribution is -2.45. The molecule has 168 valence electrons. The van der Waals surface area contributed by atoms with E-state index >= 15 is 0 Å². The fraction of sp³-hybridized carbons (Fsp3) is 0.357. The minimum Gasteiger partial charge on any atom is -0.392 e. The van der Waals surface area contributed by atoms with E-state index in [4.69, 9.17) is 4.74 Å². The third-order valence-corrected chi connectivity index (χ3v) is 6.40. The zero-order valence-corrected chi connectivity index (χ0v) is 18.5. The van der Waals surface area contributed by atoms with Gasteiger partial charge in [0.25, 0.3) is 0 Å². The van der Waals surface area contributed by atoms with Crippen LogP contribution >= 0.6 is 0 Å². The first-order chi connectivity index (χ1) is 15.7. The summed E-state index contributed by atoms with van der Waals surface area (Å²) in [5, 5.41) is 21.2. The Bertz CT molecular complexity index is 880. The molecule has 0 aromatic heterocycles. The summed E-state index contributed by atoms with van der Waals surface area (Å²) in [4.78, 5) is 2.16. The van der Waals surface area contributed by atoms with E-state index in [1.807, 2.05) is 66.7 Å². The molecular weight excluding hydrogens is 398 g/mol. The van der Waals surface area contributed by atoms with Crippen LogP contribution < -0.4 is 0 Å². The summed E-state index contributed by atoms with van der Waals surface area (Å²) >= 11 is 0. The number of benzene rings is 3. The standard InChI is InChI=1S/C28H33NO3/c30-26(22-10-4-1-5-11-22)20-29-18-16-23(27(31)21-29)17-19-32-28(24-12-6-2-7-13-24)25-14-8-3-9-15-25/h1-15,23,26-28,30-31H,16-21H2/t23-,26-,27+/m1/s1. The van der Waals surface area contributed by atoms with Gasteiger partial charge in [-0.3, -0.25) is 4.90 Å². The van der Waals surface area contributed by atoms with Crippen LogP contribution in [-0.4, -0.2) is 47.5 Å². The van der Waals surface area contributed by atoms with Crippen molar-refractivity contribution < 1.29 is 14.9 Å². The van der Waals surface area contributed by atoms with Crippen LogP contribution in [-0.2, 0) is 4.74 Å². The van der Waals surface area contributed by atoms with Gasteiger partial charge in [-0.25, -0.2) is 0 Å². The maximum atomic E-state index is 10.7. The van der Waals surface area contributed by atoms with Gasteiger partial charge in [0.2, 0.25) is 0 Å². The van der Waals surface area contributed by atoms with E-state index in [-0.39, 0.29) is 12.0 Å². The summed E-state index contributed by atoms with van der Waals surface area (Å²) in [7, 11) is 0. The lowest BCUT2D eigenvalue weighted by atomic mass is 9.90. The molecule has 0 amide bonds. The highest BCUT2D eigenvalue weighted by molar-refractivity contribution is 5.29. The highest BCUT2D eigenvalue weighted by Gasteiger charge is 2.29. The summed E-state index contributed by atoms with van der Waals surface area (Å²) in [6, 6.07) is 30.3. The van der Waals surface area contributed by atoms with Gasteiger partial charge in [0, 0.05) is 19.7 Å². The van der Waals surface area contributed by atoms with Crippen molar-refractivity contribution in [3.8, 4) is 0 Å². The average Bonchev–Trinajstić information content (AvgIpc) is 2.84. The molecule has 1 aliphatic heterocycles. The first-order valence-corrected chi connectivity index (χ1v) is 11.6. The molecule has 32 heavy (non-hydrogen) atoms. The number of rotatable bonds is 9. The molecular formula is C28H33NO3. The van der Waals surface area contributed by atoms with E-state index < -0.39 is 12.2 Å². The van der Waals surface area contributed by atoms with Gasteiger partial charge in [-0.05, 0) is 42.0 Å².